The molecule has 0 radical (unpaired) electrons. The Kier molecular flexibility index (Phi) is 5.74. The fourth-order valence-electron chi connectivity index (χ4n) is 3.34. The number of alkyl halides is 5. The lowest BCUT2D eigenvalue weighted by Crippen LogP contribution is -2.42. The van der Waals surface area contributed by atoms with E-state index in [1.165, 1.54) is 13.0 Å². The van der Waals surface area contributed by atoms with E-state index in [0.717, 1.165) is 18.2 Å². The molecule has 2 unspecified atom stereocenters. The zero-order chi connectivity index (χ0) is 21.4. The Bertz CT molecular complexity index is 974. The van der Waals surface area contributed by atoms with E-state index in [1.807, 2.05) is 0 Å². The van der Waals surface area contributed by atoms with Crippen LogP contribution in [0.15, 0.2) is 35.2 Å². The molecule has 0 saturated carbocycles. The van der Waals surface area contributed by atoms with Crippen molar-refractivity contribution in [2.24, 2.45) is 0 Å². The van der Waals surface area contributed by atoms with Crippen LogP contribution < -0.4 is 0 Å². The minimum Gasteiger partial charge on any atom is -0.372 e. The second kappa shape index (κ2) is 7.67. The van der Waals surface area contributed by atoms with Crippen LogP contribution in [0.5, 0.6) is 0 Å². The van der Waals surface area contributed by atoms with E-state index in [0.29, 0.717) is 6.07 Å². The largest absolute Gasteiger partial charge is 0.416 e. The molecule has 1 saturated heterocycles. The molecule has 160 valence electrons. The lowest BCUT2D eigenvalue weighted by atomic mass is 9.95. The van der Waals surface area contributed by atoms with Gasteiger partial charge in [0.15, 0.2) is 9.84 Å². The first-order valence-electron chi connectivity index (χ1n) is 8.78. The van der Waals surface area contributed by atoms with Crippen LogP contribution in [0.2, 0.25) is 0 Å². The molecule has 5 nitrogen and oxygen atoms in total. The van der Waals surface area contributed by atoms with Crippen molar-refractivity contribution in [1.29, 1.82) is 0 Å². The molecule has 2 heterocycles. The van der Waals surface area contributed by atoms with Gasteiger partial charge in [0.25, 0.3) is 0 Å². The molecule has 0 bridgehead atoms. The van der Waals surface area contributed by atoms with Crippen molar-refractivity contribution >= 4 is 9.84 Å². The van der Waals surface area contributed by atoms with Gasteiger partial charge in [0, 0.05) is 12.3 Å². The molecule has 1 fully saturated rings. The first-order valence-corrected chi connectivity index (χ1v) is 10.3. The molecule has 2 atom stereocenters. The van der Waals surface area contributed by atoms with Crippen LogP contribution in [-0.2, 0) is 27.2 Å². The molecule has 0 amide bonds. The van der Waals surface area contributed by atoms with Crippen molar-refractivity contribution in [2.45, 2.75) is 54.5 Å². The van der Waals surface area contributed by atoms with Crippen LogP contribution in [0.4, 0.5) is 22.0 Å². The lowest BCUT2D eigenvalue weighted by molar-refractivity contribution is -0.137. The average Bonchev–Trinajstić information content (AvgIpc) is 3.09. The van der Waals surface area contributed by atoms with Gasteiger partial charge in [-0.05, 0) is 44.0 Å². The summed E-state index contributed by atoms with van der Waals surface area (Å²) in [5.41, 5.74) is -0.577. The predicted octanol–water partition coefficient (Wildman–Crippen LogP) is 4.32. The summed E-state index contributed by atoms with van der Waals surface area (Å²) in [5, 5.41) is 6.40. The van der Waals surface area contributed by atoms with Gasteiger partial charge in [-0.25, -0.2) is 17.2 Å². The maximum Gasteiger partial charge on any atom is 0.416 e. The quantitative estimate of drug-likeness (QED) is 0.706. The zero-order valence-electron chi connectivity index (χ0n) is 15.3. The molecule has 3 rings (SSSR count). The molecule has 29 heavy (non-hydrogen) atoms. The topological polar surface area (TPSA) is 72.1 Å². The van der Waals surface area contributed by atoms with Gasteiger partial charge in [0.1, 0.15) is 6.10 Å². The maximum absolute atomic E-state index is 13.2. The van der Waals surface area contributed by atoms with Crippen LogP contribution in [0.25, 0.3) is 0 Å². The third-order valence-corrected chi connectivity index (χ3v) is 7.59. The van der Waals surface area contributed by atoms with Crippen molar-refractivity contribution in [2.75, 3.05) is 6.61 Å². The van der Waals surface area contributed by atoms with Crippen molar-refractivity contribution < 1.29 is 35.1 Å². The number of sulfone groups is 1. The van der Waals surface area contributed by atoms with E-state index >= 15 is 0 Å². The molecule has 1 aromatic carbocycles. The maximum atomic E-state index is 13.2. The number of ether oxygens (including phenoxy) is 1. The smallest absolute Gasteiger partial charge is 0.372 e. The van der Waals surface area contributed by atoms with Gasteiger partial charge >= 0.3 is 6.18 Å². The summed E-state index contributed by atoms with van der Waals surface area (Å²) < 4.78 is 94.5. The molecule has 0 aliphatic carbocycles. The van der Waals surface area contributed by atoms with E-state index in [4.69, 9.17) is 4.74 Å². The van der Waals surface area contributed by atoms with Gasteiger partial charge in [-0.2, -0.15) is 18.3 Å². The molecule has 1 aromatic heterocycles. The summed E-state index contributed by atoms with van der Waals surface area (Å²) in [6.45, 7) is 1.49. The van der Waals surface area contributed by atoms with Gasteiger partial charge in [0.2, 0.25) is 6.43 Å². The van der Waals surface area contributed by atoms with E-state index in [-0.39, 0.29) is 30.8 Å². The lowest BCUT2D eigenvalue weighted by Gasteiger charge is -2.37. The summed E-state index contributed by atoms with van der Waals surface area (Å²) in [4.78, 5) is -0.420. The molecular weight excluding hydrogens is 419 g/mol. The van der Waals surface area contributed by atoms with Crippen molar-refractivity contribution in [3.8, 4) is 0 Å². The van der Waals surface area contributed by atoms with Gasteiger partial charge < -0.3 is 4.74 Å². The second-order valence-corrected chi connectivity index (χ2v) is 9.67. The molecule has 1 aliphatic rings. The molecular formula is C18H19F5N2O3S. The van der Waals surface area contributed by atoms with Crippen LogP contribution >= 0.6 is 0 Å². The average molecular weight is 438 g/mol. The molecule has 0 spiro atoms. The fraction of sp³-hybridized carbons (Fsp3) is 0.500. The molecule has 1 N–H and O–H groups in total. The summed E-state index contributed by atoms with van der Waals surface area (Å²) in [5.74, 6) is 0. The molecule has 1 aliphatic heterocycles. The molecule has 11 heteroatoms. The van der Waals surface area contributed by atoms with Crippen molar-refractivity contribution in [1.82, 2.24) is 10.2 Å². The SMILES string of the molecule is CC1(S(=O)(=O)c2cccc(C(F)(F)F)c2)CCOC(c2cc(CC(F)F)[nH]n2)C1. The van der Waals surface area contributed by atoms with E-state index in [9.17, 15) is 30.4 Å². The number of aromatic amines is 1. The van der Waals surface area contributed by atoms with Gasteiger partial charge in [-0.15, -0.1) is 0 Å². The van der Waals surface area contributed by atoms with E-state index in [2.05, 4.69) is 10.2 Å². The predicted molar refractivity (Wildman–Crippen MR) is 93.3 cm³/mol. The van der Waals surface area contributed by atoms with Crippen molar-refractivity contribution in [3.05, 3.63) is 47.3 Å². The zero-order valence-corrected chi connectivity index (χ0v) is 16.2. The number of benzene rings is 1. The Morgan fingerprint density at radius 3 is 2.69 bits per heavy atom. The Labute approximate surface area is 164 Å². The van der Waals surface area contributed by atoms with Crippen molar-refractivity contribution in [3.63, 3.8) is 0 Å². The van der Waals surface area contributed by atoms with Gasteiger partial charge in [-0.1, -0.05) is 6.07 Å². The number of nitrogens with one attached hydrogen (secondary N) is 1. The number of aromatic nitrogens is 2. The summed E-state index contributed by atoms with van der Waals surface area (Å²) >= 11 is 0. The third-order valence-electron chi connectivity index (χ3n) is 5.04. The van der Waals surface area contributed by atoms with E-state index in [1.54, 1.807) is 0 Å². The number of rotatable bonds is 5. The van der Waals surface area contributed by atoms with E-state index < -0.39 is 50.2 Å². The normalized spacial score (nSPS) is 23.5. The highest BCUT2D eigenvalue weighted by Gasteiger charge is 2.46. The van der Waals surface area contributed by atoms with Crippen LogP contribution in [0.1, 0.15) is 42.8 Å². The Morgan fingerprint density at radius 1 is 1.31 bits per heavy atom. The van der Waals surface area contributed by atoms with Gasteiger partial charge in [-0.3, -0.25) is 5.10 Å². The highest BCUT2D eigenvalue weighted by atomic mass is 32.2. The third kappa shape index (κ3) is 4.45. The summed E-state index contributed by atoms with van der Waals surface area (Å²) in [6, 6.07) is 5.01. The molecule has 2 aromatic rings. The first-order chi connectivity index (χ1) is 13.4. The highest BCUT2D eigenvalue weighted by molar-refractivity contribution is 7.92. The van der Waals surface area contributed by atoms with Gasteiger partial charge in [0.05, 0.1) is 27.3 Å². The number of H-pyrrole nitrogens is 1. The Hall–Kier alpha value is -2.01. The number of hydrogen-bond donors (Lipinski definition) is 1. The highest BCUT2D eigenvalue weighted by Crippen LogP contribution is 2.42. The minimum absolute atomic E-state index is 0.0381. The fourth-order valence-corrected chi connectivity index (χ4v) is 5.18. The number of hydrogen-bond acceptors (Lipinski definition) is 4. The Balaban J connectivity index is 1.88. The number of halogens is 5. The summed E-state index contributed by atoms with van der Waals surface area (Å²) in [6.07, 6.45) is -8.53. The minimum atomic E-state index is -4.67. The summed E-state index contributed by atoms with van der Waals surface area (Å²) in [7, 11) is -4.14. The van der Waals surface area contributed by atoms with Crippen LogP contribution in [-0.4, -0.2) is 36.4 Å². The van der Waals surface area contributed by atoms with Crippen LogP contribution in [0.3, 0.4) is 0 Å². The first kappa shape index (κ1) is 21.7. The monoisotopic (exact) mass is 438 g/mol. The Morgan fingerprint density at radius 2 is 2.03 bits per heavy atom. The van der Waals surface area contributed by atoms with Crippen LogP contribution in [0, 0.1) is 0 Å². The standard InChI is InChI=1S/C18H19F5N2O3S/c1-17(29(26,27)13-4-2-3-11(7-13)18(21,22)23)5-6-28-15(10-17)14-8-12(24-25-14)9-16(19)20/h2-4,7-8,15-16H,5-6,9-10H2,1H3,(H,24,25). The number of nitrogens with zero attached hydrogens (tertiary/aromatic N) is 1. The second-order valence-electron chi connectivity index (χ2n) is 7.21.